The normalized spacial score (nSPS) is 19.9. The fourth-order valence-electron chi connectivity index (χ4n) is 4.15. The third-order valence-corrected chi connectivity index (χ3v) is 6.20. The summed E-state index contributed by atoms with van der Waals surface area (Å²) in [7, 11) is 1.67. The van der Waals surface area contributed by atoms with Gasteiger partial charge in [0, 0.05) is 52.4 Å². The summed E-state index contributed by atoms with van der Waals surface area (Å²) in [4.78, 5) is 43.0. The maximum Gasteiger partial charge on any atom is 0.338 e. The Hall–Kier alpha value is -2.87. The molecule has 174 valence electrons. The van der Waals surface area contributed by atoms with E-state index in [1.807, 2.05) is 29.2 Å². The molecule has 1 N–H and O–H groups in total. The Morgan fingerprint density at radius 2 is 1.75 bits per heavy atom. The molecule has 32 heavy (non-hydrogen) atoms. The smallest absolute Gasteiger partial charge is 0.338 e. The number of amides is 3. The molecule has 2 heterocycles. The molecule has 8 heteroatoms. The van der Waals surface area contributed by atoms with Crippen molar-refractivity contribution in [3.63, 3.8) is 0 Å². The highest BCUT2D eigenvalue weighted by atomic mass is 16.5. The molecular formula is C24H34N4O4. The van der Waals surface area contributed by atoms with Crippen LogP contribution in [0.3, 0.4) is 0 Å². The van der Waals surface area contributed by atoms with Gasteiger partial charge in [-0.1, -0.05) is 38.1 Å². The van der Waals surface area contributed by atoms with Gasteiger partial charge in [0.1, 0.15) is 0 Å². The van der Waals surface area contributed by atoms with Gasteiger partial charge in [-0.25, -0.2) is 9.59 Å². The van der Waals surface area contributed by atoms with Crippen LogP contribution < -0.4 is 5.32 Å². The zero-order chi connectivity index (χ0) is 23.4. The summed E-state index contributed by atoms with van der Waals surface area (Å²) in [5.74, 6) is 0.0326. The average molecular weight is 443 g/mol. The number of hydrogen-bond donors (Lipinski definition) is 1. The van der Waals surface area contributed by atoms with E-state index < -0.39 is 12.0 Å². The lowest BCUT2D eigenvalue weighted by atomic mass is 9.92. The van der Waals surface area contributed by atoms with Crippen molar-refractivity contribution in [3.05, 3.63) is 46.7 Å². The number of nitrogens with zero attached hydrogens (tertiary/aromatic N) is 3. The highest BCUT2D eigenvalue weighted by Gasteiger charge is 2.37. The Bertz CT molecular complexity index is 886. The van der Waals surface area contributed by atoms with Gasteiger partial charge >= 0.3 is 12.0 Å². The van der Waals surface area contributed by atoms with Crippen LogP contribution in [-0.4, -0.2) is 79.0 Å². The Labute approximate surface area is 190 Å². The predicted octanol–water partition coefficient (Wildman–Crippen LogP) is 2.49. The fraction of sp³-hybridized carbons (Fsp3) is 0.542. The number of urea groups is 1. The third kappa shape index (κ3) is 5.12. The number of ether oxygens (including phenoxy) is 1. The molecule has 1 fully saturated rings. The van der Waals surface area contributed by atoms with Crippen molar-refractivity contribution in [1.29, 1.82) is 0 Å². The van der Waals surface area contributed by atoms with Crippen molar-refractivity contribution >= 4 is 17.9 Å². The van der Waals surface area contributed by atoms with Gasteiger partial charge in [0.05, 0.1) is 18.2 Å². The lowest BCUT2D eigenvalue weighted by Crippen LogP contribution is -2.52. The molecule has 1 aromatic rings. The molecule has 3 rings (SSSR count). The average Bonchev–Trinajstić information content (AvgIpc) is 2.77. The van der Waals surface area contributed by atoms with E-state index >= 15 is 0 Å². The van der Waals surface area contributed by atoms with Crippen molar-refractivity contribution < 1.29 is 19.1 Å². The first-order chi connectivity index (χ1) is 15.2. The highest BCUT2D eigenvalue weighted by molar-refractivity contribution is 5.95. The second-order valence-electron chi connectivity index (χ2n) is 8.63. The number of esters is 1. The second kappa shape index (κ2) is 10.2. The zero-order valence-corrected chi connectivity index (χ0v) is 19.7. The van der Waals surface area contributed by atoms with E-state index in [0.717, 1.165) is 5.56 Å². The number of likely N-dealkylation sites (N-methyl/N-ethyl adjacent to an activating group) is 1. The van der Waals surface area contributed by atoms with E-state index in [4.69, 9.17) is 4.74 Å². The minimum Gasteiger partial charge on any atom is -0.463 e. The van der Waals surface area contributed by atoms with E-state index in [-0.39, 0.29) is 18.5 Å². The Balaban J connectivity index is 1.95. The van der Waals surface area contributed by atoms with E-state index in [1.54, 1.807) is 20.9 Å². The maximum atomic E-state index is 13.1. The summed E-state index contributed by atoms with van der Waals surface area (Å²) in [6.45, 7) is 10.9. The Kier molecular flexibility index (Phi) is 7.56. The lowest BCUT2D eigenvalue weighted by Gasteiger charge is -2.39. The summed E-state index contributed by atoms with van der Waals surface area (Å²) < 4.78 is 5.40. The molecule has 1 saturated heterocycles. The summed E-state index contributed by atoms with van der Waals surface area (Å²) >= 11 is 0. The van der Waals surface area contributed by atoms with Gasteiger partial charge in [0.25, 0.3) is 0 Å². The molecule has 0 saturated carbocycles. The highest BCUT2D eigenvalue weighted by Crippen LogP contribution is 2.32. The fourth-order valence-corrected chi connectivity index (χ4v) is 4.15. The first kappa shape index (κ1) is 23.8. The number of piperazine rings is 1. The van der Waals surface area contributed by atoms with E-state index in [0.29, 0.717) is 49.9 Å². The van der Waals surface area contributed by atoms with Crippen LogP contribution in [0.2, 0.25) is 0 Å². The lowest BCUT2D eigenvalue weighted by molar-refractivity contribution is -0.139. The number of benzene rings is 1. The Morgan fingerprint density at radius 3 is 2.28 bits per heavy atom. The van der Waals surface area contributed by atoms with Gasteiger partial charge in [-0.2, -0.15) is 0 Å². The first-order valence-electron chi connectivity index (χ1n) is 11.2. The van der Waals surface area contributed by atoms with Gasteiger partial charge in [-0.15, -0.1) is 0 Å². The molecule has 1 aromatic carbocycles. The first-order valence-corrected chi connectivity index (χ1v) is 11.2. The van der Waals surface area contributed by atoms with Crippen LogP contribution in [0.1, 0.15) is 50.8 Å². The van der Waals surface area contributed by atoms with Crippen LogP contribution in [0.4, 0.5) is 4.79 Å². The van der Waals surface area contributed by atoms with Crippen molar-refractivity contribution in [2.75, 3.05) is 46.4 Å². The van der Waals surface area contributed by atoms with Crippen molar-refractivity contribution in [1.82, 2.24) is 20.0 Å². The van der Waals surface area contributed by atoms with Crippen LogP contribution in [0.15, 0.2) is 35.5 Å². The summed E-state index contributed by atoms with van der Waals surface area (Å²) in [5, 5.41) is 2.97. The van der Waals surface area contributed by atoms with Crippen LogP contribution in [0.25, 0.3) is 0 Å². The molecule has 2 aliphatic heterocycles. The predicted molar refractivity (Wildman–Crippen MR) is 122 cm³/mol. The molecule has 0 radical (unpaired) electrons. The molecule has 0 spiro atoms. The third-order valence-electron chi connectivity index (χ3n) is 6.20. The molecule has 3 amide bonds. The molecule has 0 aliphatic carbocycles. The number of hydrogen-bond acceptors (Lipinski definition) is 5. The monoisotopic (exact) mass is 442 g/mol. The van der Waals surface area contributed by atoms with E-state index in [1.165, 1.54) is 10.5 Å². The van der Waals surface area contributed by atoms with Crippen LogP contribution in [0.5, 0.6) is 0 Å². The van der Waals surface area contributed by atoms with E-state index in [2.05, 4.69) is 24.1 Å². The molecular weight excluding hydrogens is 408 g/mol. The number of nitrogens with one attached hydrogen (secondary N) is 1. The van der Waals surface area contributed by atoms with Gasteiger partial charge in [-0.05, 0) is 24.0 Å². The second-order valence-corrected chi connectivity index (χ2v) is 8.63. The molecule has 1 unspecified atom stereocenters. The van der Waals surface area contributed by atoms with Crippen LogP contribution >= 0.6 is 0 Å². The topological polar surface area (TPSA) is 82.2 Å². The SMILES string of the molecule is CCOC(=O)C1=C(CN2CCN(C(C)=O)CC2)N(C)C(=O)NC1c1ccc(C(C)C)cc1. The van der Waals surface area contributed by atoms with E-state index in [9.17, 15) is 14.4 Å². The van der Waals surface area contributed by atoms with Gasteiger partial charge in [-0.3, -0.25) is 14.6 Å². The quantitative estimate of drug-likeness (QED) is 0.685. The van der Waals surface area contributed by atoms with Crippen molar-refractivity contribution in [2.45, 2.75) is 39.7 Å². The maximum absolute atomic E-state index is 13.1. The number of carbonyl (C=O) groups excluding carboxylic acids is 3. The van der Waals surface area contributed by atoms with Crippen LogP contribution in [0, 0.1) is 0 Å². The standard InChI is InChI=1S/C24H34N4O4/c1-6-32-23(30)21-20(15-27-11-13-28(14-12-27)17(4)29)26(5)24(31)25-22(21)19-9-7-18(8-10-19)16(2)3/h7-10,16,22H,6,11-15H2,1-5H3,(H,25,31). The molecule has 2 aliphatic rings. The van der Waals surface area contributed by atoms with Crippen molar-refractivity contribution in [2.24, 2.45) is 0 Å². The molecule has 1 atom stereocenters. The summed E-state index contributed by atoms with van der Waals surface area (Å²) in [6, 6.07) is 7.17. The zero-order valence-electron chi connectivity index (χ0n) is 19.7. The minimum atomic E-state index is -0.576. The molecule has 0 bridgehead atoms. The molecule has 8 nitrogen and oxygen atoms in total. The number of carbonyl (C=O) groups is 3. The van der Waals surface area contributed by atoms with Crippen LogP contribution in [-0.2, 0) is 14.3 Å². The van der Waals surface area contributed by atoms with Gasteiger partial charge in [0.15, 0.2) is 0 Å². The summed E-state index contributed by atoms with van der Waals surface area (Å²) in [6.07, 6.45) is 0. The summed E-state index contributed by atoms with van der Waals surface area (Å²) in [5.41, 5.74) is 3.14. The van der Waals surface area contributed by atoms with Gasteiger partial charge in [0.2, 0.25) is 5.91 Å². The van der Waals surface area contributed by atoms with Crippen molar-refractivity contribution in [3.8, 4) is 0 Å². The Morgan fingerprint density at radius 1 is 1.12 bits per heavy atom. The van der Waals surface area contributed by atoms with Gasteiger partial charge < -0.3 is 15.0 Å². The largest absolute Gasteiger partial charge is 0.463 e. The molecule has 0 aromatic heterocycles. The number of rotatable bonds is 6. The minimum absolute atomic E-state index is 0.0650.